The molecule has 5 nitrogen and oxygen atoms in total. The van der Waals surface area contributed by atoms with E-state index in [4.69, 9.17) is 9.47 Å². The van der Waals surface area contributed by atoms with Crippen LogP contribution in [-0.2, 0) is 4.74 Å². The van der Waals surface area contributed by atoms with E-state index in [2.05, 4.69) is 10.3 Å². The van der Waals surface area contributed by atoms with E-state index in [1.165, 1.54) is 0 Å². The molecule has 19 heavy (non-hydrogen) atoms. The van der Waals surface area contributed by atoms with E-state index in [1.807, 2.05) is 24.3 Å². The number of benzene rings is 1. The summed E-state index contributed by atoms with van der Waals surface area (Å²) in [6.45, 7) is 0.410. The number of rotatable bonds is 6. The minimum atomic E-state index is -0.176. The molecule has 0 bridgehead atoms. The van der Waals surface area contributed by atoms with E-state index in [1.54, 1.807) is 20.4 Å². The Morgan fingerprint density at radius 1 is 1.32 bits per heavy atom. The Kier molecular flexibility index (Phi) is 4.54. The summed E-state index contributed by atoms with van der Waals surface area (Å²) in [4.78, 5) is 4.31. The molecule has 0 saturated carbocycles. The molecule has 0 saturated heterocycles. The minimum absolute atomic E-state index is 0.0118. The van der Waals surface area contributed by atoms with E-state index >= 15 is 0 Å². The van der Waals surface area contributed by atoms with Crippen molar-refractivity contribution in [3.05, 3.63) is 30.5 Å². The molecule has 102 valence electrons. The van der Waals surface area contributed by atoms with Crippen LogP contribution in [0.2, 0.25) is 0 Å². The van der Waals surface area contributed by atoms with Gasteiger partial charge in [-0.05, 0) is 29.7 Å². The fourth-order valence-electron chi connectivity index (χ4n) is 1.93. The zero-order chi connectivity index (χ0) is 13.7. The van der Waals surface area contributed by atoms with Crippen LogP contribution in [0, 0.1) is 0 Å². The molecule has 1 aromatic carbocycles. The fraction of sp³-hybridized carbons (Fsp3) is 0.357. The lowest BCUT2D eigenvalue weighted by Crippen LogP contribution is -2.29. The van der Waals surface area contributed by atoms with E-state index in [0.717, 1.165) is 22.3 Å². The minimum Gasteiger partial charge on any atom is -0.497 e. The topological polar surface area (TPSA) is 63.6 Å². The number of fused-ring (bicyclic) bond motifs is 1. The summed E-state index contributed by atoms with van der Waals surface area (Å²) in [6, 6.07) is 7.54. The number of hydrogen-bond acceptors (Lipinski definition) is 5. The van der Waals surface area contributed by atoms with Crippen molar-refractivity contribution in [1.82, 2.24) is 4.98 Å². The Morgan fingerprint density at radius 2 is 2.16 bits per heavy atom. The molecule has 0 fully saturated rings. The third-order valence-corrected chi connectivity index (χ3v) is 2.90. The van der Waals surface area contributed by atoms with Crippen LogP contribution in [0.25, 0.3) is 10.8 Å². The van der Waals surface area contributed by atoms with Gasteiger partial charge >= 0.3 is 0 Å². The standard InChI is InChI=1S/C14H18N2O3/c1-18-9-11(8-17)16-14-13-4-3-12(19-2)7-10(13)5-6-15-14/h3-7,11,17H,8-9H2,1-2H3,(H,15,16). The number of anilines is 1. The Labute approximate surface area is 112 Å². The maximum absolute atomic E-state index is 9.28. The van der Waals surface area contributed by atoms with Gasteiger partial charge in [-0.15, -0.1) is 0 Å². The Balaban J connectivity index is 2.32. The van der Waals surface area contributed by atoms with E-state index in [0.29, 0.717) is 6.61 Å². The number of nitrogens with one attached hydrogen (secondary N) is 1. The van der Waals surface area contributed by atoms with Crippen molar-refractivity contribution >= 4 is 16.6 Å². The van der Waals surface area contributed by atoms with Gasteiger partial charge in [-0.3, -0.25) is 0 Å². The third-order valence-electron chi connectivity index (χ3n) is 2.90. The van der Waals surface area contributed by atoms with Crippen molar-refractivity contribution in [2.45, 2.75) is 6.04 Å². The lowest BCUT2D eigenvalue weighted by Gasteiger charge is -2.17. The van der Waals surface area contributed by atoms with Crippen LogP contribution < -0.4 is 10.1 Å². The number of pyridine rings is 1. The largest absolute Gasteiger partial charge is 0.497 e. The molecule has 2 N–H and O–H groups in total. The number of aromatic nitrogens is 1. The zero-order valence-corrected chi connectivity index (χ0v) is 11.1. The molecule has 0 radical (unpaired) electrons. The molecule has 0 aliphatic carbocycles. The number of nitrogens with zero attached hydrogens (tertiary/aromatic N) is 1. The van der Waals surface area contributed by atoms with Gasteiger partial charge in [0.15, 0.2) is 0 Å². The SMILES string of the molecule is COCC(CO)Nc1nccc2cc(OC)ccc12. The summed E-state index contributed by atoms with van der Waals surface area (Å²) in [5.74, 6) is 1.54. The normalized spacial score (nSPS) is 12.4. The van der Waals surface area contributed by atoms with Crippen LogP contribution in [-0.4, -0.2) is 43.6 Å². The second-order valence-electron chi connectivity index (χ2n) is 4.23. The molecule has 1 aromatic heterocycles. The quantitative estimate of drug-likeness (QED) is 0.829. The first-order chi connectivity index (χ1) is 9.28. The average molecular weight is 262 g/mol. The van der Waals surface area contributed by atoms with Gasteiger partial charge in [-0.1, -0.05) is 0 Å². The van der Waals surface area contributed by atoms with Gasteiger partial charge in [0.2, 0.25) is 0 Å². The molecule has 2 aromatic rings. The third kappa shape index (κ3) is 3.13. The monoisotopic (exact) mass is 262 g/mol. The van der Waals surface area contributed by atoms with Gasteiger partial charge in [0, 0.05) is 18.7 Å². The lowest BCUT2D eigenvalue weighted by molar-refractivity contribution is 0.153. The first-order valence-corrected chi connectivity index (χ1v) is 6.07. The molecule has 0 aliphatic rings. The van der Waals surface area contributed by atoms with Crippen LogP contribution in [0.1, 0.15) is 0 Å². The molecular formula is C14H18N2O3. The molecule has 0 spiro atoms. The lowest BCUT2D eigenvalue weighted by atomic mass is 10.1. The Hall–Kier alpha value is -1.85. The molecule has 0 aliphatic heterocycles. The molecule has 2 rings (SSSR count). The summed E-state index contributed by atoms with van der Waals surface area (Å²) < 4.78 is 10.2. The zero-order valence-electron chi connectivity index (χ0n) is 11.1. The Morgan fingerprint density at radius 3 is 2.84 bits per heavy atom. The first-order valence-electron chi connectivity index (χ1n) is 6.07. The van der Waals surface area contributed by atoms with Crippen LogP contribution in [0.15, 0.2) is 30.5 Å². The molecule has 5 heteroatoms. The van der Waals surface area contributed by atoms with Crippen molar-refractivity contribution in [2.24, 2.45) is 0 Å². The number of methoxy groups -OCH3 is 2. The predicted octanol–water partition coefficient (Wildman–Crippen LogP) is 1.66. The van der Waals surface area contributed by atoms with Crippen molar-refractivity contribution in [1.29, 1.82) is 0 Å². The summed E-state index contributed by atoms with van der Waals surface area (Å²) in [5, 5.41) is 14.5. The first kappa shape index (κ1) is 13.6. The van der Waals surface area contributed by atoms with Crippen molar-refractivity contribution in [3.8, 4) is 5.75 Å². The van der Waals surface area contributed by atoms with Gasteiger partial charge < -0.3 is 19.9 Å². The highest BCUT2D eigenvalue weighted by Gasteiger charge is 2.10. The molecule has 0 amide bonds. The van der Waals surface area contributed by atoms with E-state index in [-0.39, 0.29) is 12.6 Å². The second-order valence-corrected chi connectivity index (χ2v) is 4.23. The van der Waals surface area contributed by atoms with Crippen LogP contribution in [0.3, 0.4) is 0 Å². The van der Waals surface area contributed by atoms with Crippen molar-refractivity contribution in [2.75, 3.05) is 32.8 Å². The van der Waals surface area contributed by atoms with E-state index < -0.39 is 0 Å². The highest BCUT2D eigenvalue weighted by molar-refractivity contribution is 5.92. The maximum atomic E-state index is 9.28. The van der Waals surface area contributed by atoms with Gasteiger partial charge in [0.05, 0.1) is 26.4 Å². The van der Waals surface area contributed by atoms with Crippen molar-refractivity contribution in [3.63, 3.8) is 0 Å². The number of aliphatic hydroxyl groups excluding tert-OH is 1. The average Bonchev–Trinajstić information content (AvgIpc) is 2.46. The molecular weight excluding hydrogens is 244 g/mol. The van der Waals surface area contributed by atoms with Gasteiger partial charge in [-0.25, -0.2) is 4.98 Å². The van der Waals surface area contributed by atoms with Crippen LogP contribution in [0.4, 0.5) is 5.82 Å². The van der Waals surface area contributed by atoms with Crippen LogP contribution >= 0.6 is 0 Å². The molecule has 1 heterocycles. The van der Waals surface area contributed by atoms with Crippen molar-refractivity contribution < 1.29 is 14.6 Å². The summed E-state index contributed by atoms with van der Waals surface area (Å²) in [7, 11) is 3.24. The van der Waals surface area contributed by atoms with Gasteiger partial charge in [-0.2, -0.15) is 0 Å². The summed E-state index contributed by atoms with van der Waals surface area (Å²) >= 11 is 0. The molecule has 1 atom stereocenters. The van der Waals surface area contributed by atoms with Gasteiger partial charge in [0.1, 0.15) is 11.6 Å². The van der Waals surface area contributed by atoms with Gasteiger partial charge in [0.25, 0.3) is 0 Å². The fourth-order valence-corrected chi connectivity index (χ4v) is 1.93. The second kappa shape index (κ2) is 6.36. The number of ether oxygens (including phenoxy) is 2. The van der Waals surface area contributed by atoms with E-state index in [9.17, 15) is 5.11 Å². The molecule has 1 unspecified atom stereocenters. The van der Waals surface area contributed by atoms with Crippen LogP contribution in [0.5, 0.6) is 5.75 Å². The highest BCUT2D eigenvalue weighted by atomic mass is 16.5. The number of aliphatic hydroxyl groups is 1. The predicted molar refractivity (Wildman–Crippen MR) is 74.7 cm³/mol. The Bertz CT molecular complexity index is 545. The highest BCUT2D eigenvalue weighted by Crippen LogP contribution is 2.25. The number of hydrogen-bond donors (Lipinski definition) is 2. The maximum Gasteiger partial charge on any atom is 0.134 e. The summed E-state index contributed by atoms with van der Waals surface area (Å²) in [6.07, 6.45) is 1.73. The summed E-state index contributed by atoms with van der Waals surface area (Å²) in [5.41, 5.74) is 0. The smallest absolute Gasteiger partial charge is 0.134 e.